The fourth-order valence-electron chi connectivity index (χ4n) is 5.77. The zero-order valence-electron chi connectivity index (χ0n) is 25.3. The van der Waals surface area contributed by atoms with Gasteiger partial charge in [0.1, 0.15) is 17.5 Å². The molecule has 9 nitrogen and oxygen atoms in total. The Bertz CT molecular complexity index is 1570. The molecule has 1 aromatic rings. The van der Waals surface area contributed by atoms with Crippen LogP contribution in [0.4, 0.5) is 18.0 Å². The molecule has 13 heteroatoms. The summed E-state index contributed by atoms with van der Waals surface area (Å²) in [6.45, 7) is 7.62. The maximum atomic E-state index is 13.8. The molecule has 1 fully saturated rings. The molecule has 4 aliphatic rings. The molecule has 5 rings (SSSR count). The molecule has 0 radical (unpaired) electrons. The van der Waals surface area contributed by atoms with Gasteiger partial charge in [0, 0.05) is 28.7 Å². The van der Waals surface area contributed by atoms with E-state index in [4.69, 9.17) is 21.3 Å². The van der Waals surface area contributed by atoms with Crippen molar-refractivity contribution in [2.75, 3.05) is 6.54 Å². The van der Waals surface area contributed by atoms with Gasteiger partial charge in [-0.3, -0.25) is 19.5 Å². The van der Waals surface area contributed by atoms with Gasteiger partial charge in [0.15, 0.2) is 0 Å². The molecule has 240 valence electrons. The van der Waals surface area contributed by atoms with Crippen molar-refractivity contribution >= 4 is 35.3 Å². The first kappa shape index (κ1) is 32.3. The minimum absolute atomic E-state index is 0.134. The highest BCUT2D eigenvalue weighted by atomic mass is 35.5. The summed E-state index contributed by atoms with van der Waals surface area (Å²) in [7, 11) is 0. The maximum absolute atomic E-state index is 13.8. The number of benzene rings is 1. The lowest BCUT2D eigenvalue weighted by Gasteiger charge is -2.28. The Morgan fingerprint density at radius 3 is 2.58 bits per heavy atom. The predicted molar refractivity (Wildman–Crippen MR) is 163 cm³/mol. The summed E-state index contributed by atoms with van der Waals surface area (Å²) in [6, 6.07) is 3.34. The van der Waals surface area contributed by atoms with Crippen molar-refractivity contribution in [3.8, 4) is 0 Å². The third-order valence-corrected chi connectivity index (χ3v) is 8.35. The van der Waals surface area contributed by atoms with Gasteiger partial charge in [-0.15, -0.1) is 0 Å². The van der Waals surface area contributed by atoms with Gasteiger partial charge in [-0.25, -0.2) is 4.79 Å². The summed E-state index contributed by atoms with van der Waals surface area (Å²) < 4.78 is 46.5. The van der Waals surface area contributed by atoms with Crippen LogP contribution >= 0.6 is 11.6 Å². The van der Waals surface area contributed by atoms with Crippen molar-refractivity contribution in [3.63, 3.8) is 0 Å². The van der Waals surface area contributed by atoms with Crippen LogP contribution in [0.2, 0.25) is 0 Å². The van der Waals surface area contributed by atoms with Crippen molar-refractivity contribution in [1.82, 2.24) is 20.9 Å². The Kier molecular flexibility index (Phi) is 8.90. The molecule has 2 aliphatic carbocycles. The van der Waals surface area contributed by atoms with E-state index in [0.29, 0.717) is 48.1 Å². The number of nitrogens with zero attached hydrogens (tertiary/aromatic N) is 2. The zero-order chi connectivity index (χ0) is 32.7. The number of hydrogen-bond acceptors (Lipinski definition) is 6. The molecular weight excluding hydrogens is 611 g/mol. The lowest BCUT2D eigenvalue weighted by Crippen LogP contribution is -2.46. The second-order valence-corrected chi connectivity index (χ2v) is 12.8. The van der Waals surface area contributed by atoms with Crippen LogP contribution < -0.4 is 16.0 Å². The van der Waals surface area contributed by atoms with Crippen LogP contribution in [0.25, 0.3) is 0 Å². The molecule has 2 unspecified atom stereocenters. The number of carbonyl (C=O) groups is 3. The van der Waals surface area contributed by atoms with Gasteiger partial charge in [0.05, 0.1) is 23.1 Å². The van der Waals surface area contributed by atoms with E-state index < -0.39 is 58.8 Å². The van der Waals surface area contributed by atoms with Gasteiger partial charge in [-0.1, -0.05) is 29.8 Å². The van der Waals surface area contributed by atoms with Crippen molar-refractivity contribution in [2.24, 2.45) is 10.9 Å². The van der Waals surface area contributed by atoms with Crippen LogP contribution in [0.5, 0.6) is 0 Å². The lowest BCUT2D eigenvalue weighted by atomic mass is 9.90. The Morgan fingerprint density at radius 2 is 1.87 bits per heavy atom. The summed E-state index contributed by atoms with van der Waals surface area (Å²) >= 11 is 6.30. The van der Waals surface area contributed by atoms with Crippen LogP contribution in [-0.4, -0.2) is 52.9 Å². The number of hydrogen-bond donors (Lipinski definition) is 3. The fraction of sp³-hybridized carbons (Fsp3) is 0.438. The van der Waals surface area contributed by atoms with Gasteiger partial charge < -0.3 is 20.7 Å². The lowest BCUT2D eigenvalue weighted by molar-refractivity contribution is -0.138. The average Bonchev–Trinajstić information content (AvgIpc) is 3.61. The number of nitrogens with one attached hydrogen (secondary N) is 3. The highest BCUT2D eigenvalue weighted by Crippen LogP contribution is 2.34. The SMILES string of the molecule is CC1=C(NC(=O)C2C=C(NC(=O)c3ccccc3C(F)(F)F)C=C3NC([C@@H]4CCCN4C(=O)OC(C)(C)C)=NC32)CCC=C1Cl. The van der Waals surface area contributed by atoms with Crippen LogP contribution in [0, 0.1) is 5.92 Å². The van der Waals surface area contributed by atoms with Gasteiger partial charge in [-0.2, -0.15) is 13.2 Å². The van der Waals surface area contributed by atoms with Gasteiger partial charge in [0.2, 0.25) is 5.91 Å². The Hall–Kier alpha value is -4.06. The number of alkyl halides is 3. The first-order valence-electron chi connectivity index (χ1n) is 14.7. The van der Waals surface area contributed by atoms with E-state index >= 15 is 0 Å². The summed E-state index contributed by atoms with van der Waals surface area (Å²) in [5, 5.41) is 9.28. The van der Waals surface area contributed by atoms with Gasteiger partial charge in [-0.05, 0) is 83.2 Å². The first-order valence-corrected chi connectivity index (χ1v) is 15.1. The Balaban J connectivity index is 1.45. The second kappa shape index (κ2) is 12.4. The normalized spacial score (nSPS) is 23.3. The number of rotatable bonds is 5. The minimum Gasteiger partial charge on any atom is -0.444 e. The van der Waals surface area contributed by atoms with E-state index in [9.17, 15) is 27.6 Å². The predicted octanol–water partition coefficient (Wildman–Crippen LogP) is 5.91. The monoisotopic (exact) mass is 645 g/mol. The molecule has 1 aromatic carbocycles. The van der Waals surface area contributed by atoms with E-state index in [-0.39, 0.29) is 5.70 Å². The van der Waals surface area contributed by atoms with E-state index in [1.54, 1.807) is 38.7 Å². The van der Waals surface area contributed by atoms with Gasteiger partial charge >= 0.3 is 12.3 Å². The summed E-state index contributed by atoms with van der Waals surface area (Å²) in [5.74, 6) is -1.87. The number of likely N-dealkylation sites (tertiary alicyclic amines) is 1. The van der Waals surface area contributed by atoms with E-state index in [2.05, 4.69) is 16.0 Å². The third kappa shape index (κ3) is 7.11. The standard InChI is InChI=1S/C32H35ClF3N5O4/c1-17-22(33)11-7-12-23(17)39-29(43)20-15-18(37-28(42)19-9-5-6-10-21(19)32(34,35)36)16-24-26(20)40-27(38-24)25-13-8-14-41(25)30(44)45-31(2,3)4/h5-6,9-11,15-16,20,25-26H,7-8,12-14H2,1-4H3,(H,37,42)(H,38,40)(H,39,43)/t20?,25-,26?/m0/s1. The smallest absolute Gasteiger partial charge is 0.417 e. The molecule has 0 bridgehead atoms. The van der Waals surface area contributed by atoms with Crippen LogP contribution in [0.3, 0.4) is 0 Å². The number of aliphatic imine (C=N–C) groups is 1. The molecule has 45 heavy (non-hydrogen) atoms. The number of fused-ring (bicyclic) bond motifs is 1. The van der Waals surface area contributed by atoms with Crippen molar-refractivity contribution < 1.29 is 32.3 Å². The minimum atomic E-state index is -4.74. The highest BCUT2D eigenvalue weighted by Gasteiger charge is 2.43. The number of ether oxygens (including phenoxy) is 1. The Labute approximate surface area is 264 Å². The number of carbonyl (C=O) groups excluding carboxylic acids is 3. The summed E-state index contributed by atoms with van der Waals surface area (Å²) in [5.41, 5.74) is -0.324. The molecule has 1 saturated heterocycles. The van der Waals surface area contributed by atoms with E-state index in [0.717, 1.165) is 24.1 Å². The number of amidine groups is 1. The number of halogens is 4. The molecule has 3 N–H and O–H groups in total. The fourth-order valence-corrected chi connectivity index (χ4v) is 5.99. The molecule has 0 saturated carbocycles. The number of allylic oxidation sites excluding steroid dienone is 5. The van der Waals surface area contributed by atoms with Gasteiger partial charge in [0.25, 0.3) is 5.91 Å². The first-order chi connectivity index (χ1) is 21.1. The molecule has 3 atom stereocenters. The Morgan fingerprint density at radius 1 is 1.13 bits per heavy atom. The maximum Gasteiger partial charge on any atom is 0.417 e. The largest absolute Gasteiger partial charge is 0.444 e. The molecule has 3 amide bonds. The molecule has 0 spiro atoms. The molecule has 2 aliphatic heterocycles. The molecular formula is C32H35ClF3N5O4. The van der Waals surface area contributed by atoms with Crippen LogP contribution in [0.1, 0.15) is 69.3 Å². The van der Waals surface area contributed by atoms with E-state index in [1.807, 2.05) is 6.08 Å². The van der Waals surface area contributed by atoms with Crippen molar-refractivity contribution in [2.45, 2.75) is 77.2 Å². The third-order valence-electron chi connectivity index (χ3n) is 7.92. The van der Waals surface area contributed by atoms with Crippen molar-refractivity contribution in [3.05, 3.63) is 81.3 Å². The zero-order valence-corrected chi connectivity index (χ0v) is 26.1. The second-order valence-electron chi connectivity index (χ2n) is 12.3. The average molecular weight is 646 g/mol. The summed E-state index contributed by atoms with van der Waals surface area (Å²) in [4.78, 5) is 46.3. The van der Waals surface area contributed by atoms with Crippen LogP contribution in [-0.2, 0) is 15.7 Å². The van der Waals surface area contributed by atoms with E-state index in [1.165, 1.54) is 18.2 Å². The quantitative estimate of drug-likeness (QED) is 0.369. The number of amides is 3. The van der Waals surface area contributed by atoms with Crippen LogP contribution in [0.15, 0.2) is 75.2 Å². The summed E-state index contributed by atoms with van der Waals surface area (Å²) in [6.07, 6.45) is 2.24. The topological polar surface area (TPSA) is 112 Å². The highest BCUT2D eigenvalue weighted by molar-refractivity contribution is 6.32. The van der Waals surface area contributed by atoms with Crippen molar-refractivity contribution in [1.29, 1.82) is 0 Å². The molecule has 2 heterocycles. The molecule has 0 aromatic heterocycles.